The molecule has 4 N–H and O–H groups in total. The maximum Gasteiger partial charge on any atom is 0.239 e. The highest BCUT2D eigenvalue weighted by molar-refractivity contribution is 6.30. The van der Waals surface area contributed by atoms with Crippen LogP contribution in [0.25, 0.3) is 0 Å². The first-order chi connectivity index (χ1) is 11.1. The van der Waals surface area contributed by atoms with E-state index in [0.29, 0.717) is 23.3 Å². The zero-order valence-corrected chi connectivity index (χ0v) is 13.3. The van der Waals surface area contributed by atoms with E-state index in [1.807, 2.05) is 0 Å². The number of carbonyl (C=O) groups is 1. The Morgan fingerprint density at radius 3 is 2.83 bits per heavy atom. The van der Waals surface area contributed by atoms with Gasteiger partial charge in [-0.2, -0.15) is 4.98 Å². The molecule has 2 aromatic rings. The van der Waals surface area contributed by atoms with E-state index in [4.69, 9.17) is 17.3 Å². The molecular weight excluding hydrogens is 318 g/mol. The van der Waals surface area contributed by atoms with Crippen LogP contribution in [0.15, 0.2) is 18.3 Å². The van der Waals surface area contributed by atoms with Crippen molar-refractivity contribution in [1.29, 1.82) is 0 Å². The number of H-pyrrole nitrogens is 1. The number of rotatable bonds is 4. The Hall–Kier alpha value is -2.19. The van der Waals surface area contributed by atoms with Gasteiger partial charge in [-0.15, -0.1) is 5.10 Å². The maximum absolute atomic E-state index is 12.0. The van der Waals surface area contributed by atoms with Gasteiger partial charge in [-0.3, -0.25) is 14.8 Å². The second-order valence-electron chi connectivity index (χ2n) is 5.54. The van der Waals surface area contributed by atoms with Gasteiger partial charge in [0.1, 0.15) is 11.6 Å². The number of halogens is 1. The molecule has 0 aliphatic carbocycles. The molecule has 0 atom stereocenters. The summed E-state index contributed by atoms with van der Waals surface area (Å²) in [6.07, 6.45) is 3.34. The molecule has 122 valence electrons. The summed E-state index contributed by atoms with van der Waals surface area (Å²) < 4.78 is 0. The Labute approximate surface area is 138 Å². The van der Waals surface area contributed by atoms with E-state index in [1.165, 1.54) is 6.20 Å². The molecular formula is C14H18ClN7O. The van der Waals surface area contributed by atoms with Crippen molar-refractivity contribution in [2.75, 3.05) is 30.7 Å². The first-order valence-corrected chi connectivity index (χ1v) is 7.79. The van der Waals surface area contributed by atoms with Gasteiger partial charge >= 0.3 is 0 Å². The summed E-state index contributed by atoms with van der Waals surface area (Å²) in [6, 6.07) is 3.37. The third-order valence-electron chi connectivity index (χ3n) is 3.86. The number of nitrogens with zero attached hydrogens (tertiary/aromatic N) is 4. The third-order valence-corrected chi connectivity index (χ3v) is 4.08. The highest BCUT2D eigenvalue weighted by atomic mass is 35.5. The van der Waals surface area contributed by atoms with E-state index in [1.54, 1.807) is 12.1 Å². The van der Waals surface area contributed by atoms with Crippen LogP contribution in [0.5, 0.6) is 0 Å². The molecule has 0 radical (unpaired) electrons. The molecule has 0 unspecified atom stereocenters. The van der Waals surface area contributed by atoms with Gasteiger partial charge in [0.25, 0.3) is 0 Å². The molecule has 1 aliphatic heterocycles. The molecule has 9 heteroatoms. The number of nitrogens with one attached hydrogen (secondary N) is 2. The molecule has 0 aromatic carbocycles. The molecule has 3 rings (SSSR count). The predicted octanol–water partition coefficient (Wildman–Crippen LogP) is 1.25. The lowest BCUT2D eigenvalue weighted by Crippen LogP contribution is -2.39. The number of pyridine rings is 1. The minimum Gasteiger partial charge on any atom is -0.367 e. The molecule has 1 saturated heterocycles. The summed E-state index contributed by atoms with van der Waals surface area (Å²) >= 11 is 5.77. The Balaban J connectivity index is 1.46. The molecule has 23 heavy (non-hydrogen) atoms. The Morgan fingerprint density at radius 2 is 2.22 bits per heavy atom. The van der Waals surface area contributed by atoms with Crippen LogP contribution in [0.3, 0.4) is 0 Å². The van der Waals surface area contributed by atoms with E-state index in [0.717, 1.165) is 31.8 Å². The van der Waals surface area contributed by atoms with Gasteiger partial charge in [0.15, 0.2) is 0 Å². The zero-order chi connectivity index (χ0) is 16.2. The van der Waals surface area contributed by atoms with Gasteiger partial charge < -0.3 is 11.1 Å². The zero-order valence-electron chi connectivity index (χ0n) is 12.5. The highest BCUT2D eigenvalue weighted by Crippen LogP contribution is 2.25. The quantitative estimate of drug-likeness (QED) is 0.775. The number of piperidine rings is 1. The smallest absolute Gasteiger partial charge is 0.239 e. The van der Waals surface area contributed by atoms with Crippen LogP contribution in [0.2, 0.25) is 5.02 Å². The number of nitrogen functional groups attached to an aromatic ring is 1. The summed E-state index contributed by atoms with van der Waals surface area (Å²) in [5.74, 6) is 1.85. The topological polar surface area (TPSA) is 113 Å². The van der Waals surface area contributed by atoms with Crippen molar-refractivity contribution < 1.29 is 4.79 Å². The van der Waals surface area contributed by atoms with Gasteiger partial charge in [-0.25, -0.2) is 4.98 Å². The van der Waals surface area contributed by atoms with Crippen molar-refractivity contribution in [2.24, 2.45) is 0 Å². The van der Waals surface area contributed by atoms with E-state index >= 15 is 0 Å². The fourth-order valence-electron chi connectivity index (χ4n) is 2.67. The van der Waals surface area contributed by atoms with E-state index < -0.39 is 0 Å². The van der Waals surface area contributed by atoms with E-state index in [-0.39, 0.29) is 11.9 Å². The lowest BCUT2D eigenvalue weighted by molar-refractivity contribution is -0.117. The molecule has 3 heterocycles. The van der Waals surface area contributed by atoms with Crippen LogP contribution in [0, 0.1) is 0 Å². The molecule has 1 fully saturated rings. The van der Waals surface area contributed by atoms with Crippen molar-refractivity contribution in [3.8, 4) is 0 Å². The number of hydrogen-bond donors (Lipinski definition) is 3. The Kier molecular flexibility index (Phi) is 4.73. The van der Waals surface area contributed by atoms with Gasteiger partial charge in [-0.05, 0) is 38.1 Å². The van der Waals surface area contributed by atoms with Crippen LogP contribution in [0.1, 0.15) is 24.6 Å². The minimum absolute atomic E-state index is 0.0813. The van der Waals surface area contributed by atoms with Crippen LogP contribution in [0.4, 0.5) is 11.8 Å². The number of carbonyl (C=O) groups excluding carboxylic acids is 1. The van der Waals surface area contributed by atoms with Gasteiger partial charge in [-0.1, -0.05) is 11.6 Å². The van der Waals surface area contributed by atoms with Crippen molar-refractivity contribution >= 4 is 29.3 Å². The van der Waals surface area contributed by atoms with Crippen LogP contribution in [-0.4, -0.2) is 50.6 Å². The number of anilines is 2. The van der Waals surface area contributed by atoms with Crippen LogP contribution >= 0.6 is 11.6 Å². The number of aromatic amines is 1. The molecule has 0 spiro atoms. The fourth-order valence-corrected chi connectivity index (χ4v) is 2.78. The normalized spacial score (nSPS) is 16.4. The summed E-state index contributed by atoms with van der Waals surface area (Å²) in [5, 5.41) is 10.0. The monoisotopic (exact) mass is 335 g/mol. The largest absolute Gasteiger partial charge is 0.367 e. The number of nitrogens with two attached hydrogens (primary N) is 1. The number of amides is 1. The van der Waals surface area contributed by atoms with Crippen molar-refractivity contribution in [2.45, 2.75) is 18.8 Å². The van der Waals surface area contributed by atoms with Crippen LogP contribution < -0.4 is 11.1 Å². The average molecular weight is 336 g/mol. The van der Waals surface area contributed by atoms with Gasteiger partial charge in [0, 0.05) is 12.1 Å². The maximum atomic E-state index is 12.0. The lowest BCUT2D eigenvalue weighted by Gasteiger charge is -2.30. The van der Waals surface area contributed by atoms with E-state index in [9.17, 15) is 4.79 Å². The van der Waals surface area contributed by atoms with Crippen molar-refractivity contribution in [3.63, 3.8) is 0 Å². The molecule has 2 aromatic heterocycles. The van der Waals surface area contributed by atoms with Crippen LogP contribution in [-0.2, 0) is 4.79 Å². The second-order valence-corrected chi connectivity index (χ2v) is 5.98. The Morgan fingerprint density at radius 1 is 1.43 bits per heavy atom. The summed E-state index contributed by atoms with van der Waals surface area (Å²) in [7, 11) is 0. The molecule has 8 nitrogen and oxygen atoms in total. The second kappa shape index (κ2) is 6.93. The van der Waals surface area contributed by atoms with Gasteiger partial charge in [0.05, 0.1) is 11.6 Å². The molecule has 1 aliphatic rings. The first-order valence-electron chi connectivity index (χ1n) is 7.41. The summed E-state index contributed by atoms with van der Waals surface area (Å²) in [6.45, 7) is 2.00. The minimum atomic E-state index is -0.0813. The van der Waals surface area contributed by atoms with Crippen molar-refractivity contribution in [1.82, 2.24) is 25.1 Å². The average Bonchev–Trinajstić information content (AvgIpc) is 2.97. The number of likely N-dealkylation sites (tertiary alicyclic amines) is 1. The molecule has 0 bridgehead atoms. The highest BCUT2D eigenvalue weighted by Gasteiger charge is 2.24. The summed E-state index contributed by atoms with van der Waals surface area (Å²) in [5.41, 5.74) is 5.53. The van der Waals surface area contributed by atoms with E-state index in [2.05, 4.69) is 30.4 Å². The fraction of sp³-hybridized carbons (Fsp3) is 0.429. The first kappa shape index (κ1) is 15.7. The standard InChI is InChI=1S/C14H18ClN7O/c15-10-1-2-11(17-7-10)18-12(23)8-22-5-3-9(4-6-22)13-19-14(16)21-20-13/h1-2,7,9H,3-6,8H2,(H,17,18,23)(H3,16,19,20,21). The predicted molar refractivity (Wildman–Crippen MR) is 87.1 cm³/mol. The molecule has 0 saturated carbocycles. The SMILES string of the molecule is Nc1n[nH]c(C2CCN(CC(=O)Nc3ccc(Cl)cn3)CC2)n1. The number of hydrogen-bond acceptors (Lipinski definition) is 6. The van der Waals surface area contributed by atoms with Gasteiger partial charge in [0.2, 0.25) is 11.9 Å². The molecule has 1 amide bonds. The third kappa shape index (κ3) is 4.17. The summed E-state index contributed by atoms with van der Waals surface area (Å²) in [4.78, 5) is 22.4. The Bertz CT molecular complexity index is 664. The number of aromatic nitrogens is 4. The van der Waals surface area contributed by atoms with Crippen molar-refractivity contribution in [3.05, 3.63) is 29.2 Å². The lowest BCUT2D eigenvalue weighted by atomic mass is 9.96.